The average molecular weight is 349 g/mol. The van der Waals surface area contributed by atoms with Gasteiger partial charge in [-0.2, -0.15) is 0 Å². The van der Waals surface area contributed by atoms with Gasteiger partial charge in [-0.15, -0.1) is 0 Å². The second kappa shape index (κ2) is 8.18. The number of pyridine rings is 1. The third kappa shape index (κ3) is 5.23. The molecule has 0 aliphatic carbocycles. The number of ether oxygens (including phenoxy) is 1. The van der Waals surface area contributed by atoms with Gasteiger partial charge in [0.25, 0.3) is 0 Å². The first kappa shape index (κ1) is 18.3. The molecule has 0 aliphatic heterocycles. The molecule has 0 aliphatic rings. The first-order chi connectivity index (χ1) is 11.9. The predicted octanol–water partition coefficient (Wildman–Crippen LogP) is 2.29. The van der Waals surface area contributed by atoms with E-state index in [9.17, 15) is 18.4 Å². The van der Waals surface area contributed by atoms with Crippen molar-refractivity contribution < 1.29 is 23.1 Å². The summed E-state index contributed by atoms with van der Waals surface area (Å²) in [7, 11) is 0. The van der Waals surface area contributed by atoms with Crippen LogP contribution in [0.5, 0.6) is 11.6 Å². The number of hydrogen-bond acceptors (Lipinski definition) is 4. The third-order valence-electron chi connectivity index (χ3n) is 3.22. The van der Waals surface area contributed by atoms with Crippen LogP contribution in [-0.4, -0.2) is 22.8 Å². The molecule has 0 bridgehead atoms. The van der Waals surface area contributed by atoms with Gasteiger partial charge in [-0.05, 0) is 25.1 Å². The Morgan fingerprint density at radius 3 is 2.72 bits per heavy atom. The molecule has 1 aromatic carbocycles. The van der Waals surface area contributed by atoms with Crippen molar-refractivity contribution in [3.63, 3.8) is 0 Å². The molecule has 0 saturated carbocycles. The zero-order valence-electron chi connectivity index (χ0n) is 13.7. The van der Waals surface area contributed by atoms with Crippen LogP contribution < -0.4 is 15.4 Å². The maximum absolute atomic E-state index is 13.7. The molecule has 0 spiro atoms. The maximum Gasteiger partial charge on any atom is 0.242 e. The first-order valence-electron chi connectivity index (χ1n) is 7.48. The van der Waals surface area contributed by atoms with Crippen LogP contribution in [0.25, 0.3) is 0 Å². The van der Waals surface area contributed by atoms with Gasteiger partial charge in [0.2, 0.25) is 17.7 Å². The monoisotopic (exact) mass is 349 g/mol. The Balaban J connectivity index is 2.07. The summed E-state index contributed by atoms with van der Waals surface area (Å²) in [4.78, 5) is 26.9. The average Bonchev–Trinajstić information content (AvgIpc) is 2.55. The van der Waals surface area contributed by atoms with Crippen LogP contribution in [0.15, 0.2) is 36.5 Å². The SMILES string of the molecule is CC(=O)N[C@@H](C)C(=O)NCc1cccnc1Oc1ccc(F)cc1F. The van der Waals surface area contributed by atoms with Gasteiger partial charge < -0.3 is 15.4 Å². The Labute approximate surface area is 143 Å². The van der Waals surface area contributed by atoms with Crippen LogP contribution in [0.1, 0.15) is 19.4 Å². The second-order valence-electron chi connectivity index (χ2n) is 5.28. The summed E-state index contributed by atoms with van der Waals surface area (Å²) in [6.45, 7) is 2.92. The van der Waals surface area contributed by atoms with Gasteiger partial charge in [-0.1, -0.05) is 6.07 Å². The van der Waals surface area contributed by atoms with Crippen LogP contribution in [0.4, 0.5) is 8.78 Å². The van der Waals surface area contributed by atoms with Crippen molar-refractivity contribution >= 4 is 11.8 Å². The molecule has 1 atom stereocenters. The van der Waals surface area contributed by atoms with Crippen molar-refractivity contribution in [2.45, 2.75) is 26.4 Å². The van der Waals surface area contributed by atoms with Crippen molar-refractivity contribution in [1.82, 2.24) is 15.6 Å². The van der Waals surface area contributed by atoms with Crippen LogP contribution in [0, 0.1) is 11.6 Å². The highest BCUT2D eigenvalue weighted by molar-refractivity contribution is 5.86. The molecule has 0 fully saturated rings. The molecule has 0 saturated heterocycles. The van der Waals surface area contributed by atoms with E-state index in [1.807, 2.05) is 0 Å². The van der Waals surface area contributed by atoms with Gasteiger partial charge in [0.1, 0.15) is 11.9 Å². The highest BCUT2D eigenvalue weighted by Crippen LogP contribution is 2.25. The number of amides is 2. The largest absolute Gasteiger partial charge is 0.436 e. The lowest BCUT2D eigenvalue weighted by atomic mass is 10.2. The van der Waals surface area contributed by atoms with Crippen molar-refractivity contribution in [2.24, 2.45) is 0 Å². The summed E-state index contributed by atoms with van der Waals surface area (Å²) in [5.74, 6) is -2.39. The first-order valence-corrected chi connectivity index (χ1v) is 7.48. The molecule has 6 nitrogen and oxygen atoms in total. The number of nitrogens with zero attached hydrogens (tertiary/aromatic N) is 1. The van der Waals surface area contributed by atoms with Crippen LogP contribution in [-0.2, 0) is 16.1 Å². The number of carbonyl (C=O) groups excluding carboxylic acids is 2. The van der Waals surface area contributed by atoms with Gasteiger partial charge in [0.05, 0.1) is 0 Å². The molecule has 25 heavy (non-hydrogen) atoms. The van der Waals surface area contributed by atoms with E-state index in [1.165, 1.54) is 13.1 Å². The summed E-state index contributed by atoms with van der Waals surface area (Å²) in [5.41, 5.74) is 0.495. The van der Waals surface area contributed by atoms with Gasteiger partial charge in [-0.3, -0.25) is 9.59 Å². The van der Waals surface area contributed by atoms with E-state index >= 15 is 0 Å². The number of halogens is 2. The topological polar surface area (TPSA) is 80.3 Å². The van der Waals surface area contributed by atoms with Crippen LogP contribution in [0.3, 0.4) is 0 Å². The van der Waals surface area contributed by atoms with Crippen molar-refractivity contribution in [1.29, 1.82) is 0 Å². The molecular formula is C17H17F2N3O3. The van der Waals surface area contributed by atoms with Gasteiger partial charge in [0, 0.05) is 31.3 Å². The highest BCUT2D eigenvalue weighted by atomic mass is 19.1. The van der Waals surface area contributed by atoms with E-state index in [-0.39, 0.29) is 24.1 Å². The molecule has 2 N–H and O–H groups in total. The minimum Gasteiger partial charge on any atom is -0.436 e. The lowest BCUT2D eigenvalue weighted by molar-refractivity contribution is -0.127. The zero-order chi connectivity index (χ0) is 18.4. The molecule has 2 rings (SSSR count). The van der Waals surface area contributed by atoms with Crippen LogP contribution >= 0.6 is 0 Å². The Morgan fingerprint density at radius 2 is 2.04 bits per heavy atom. The summed E-state index contributed by atoms with van der Waals surface area (Å²) in [6, 6.07) is 5.50. The fourth-order valence-electron chi connectivity index (χ4n) is 2.02. The second-order valence-corrected chi connectivity index (χ2v) is 5.28. The standard InChI is InChI=1S/C17H17F2N3O3/c1-10(22-11(2)23)16(24)21-9-12-4-3-7-20-17(12)25-15-6-5-13(18)8-14(15)19/h3-8,10H,9H2,1-2H3,(H,21,24)(H,22,23)/t10-/m0/s1. The Hall–Kier alpha value is -3.03. The molecule has 1 aromatic heterocycles. The number of benzene rings is 1. The zero-order valence-corrected chi connectivity index (χ0v) is 13.7. The van der Waals surface area contributed by atoms with Crippen molar-refractivity contribution in [2.75, 3.05) is 0 Å². The molecule has 8 heteroatoms. The minimum absolute atomic E-state index is 0.0642. The third-order valence-corrected chi connectivity index (χ3v) is 3.22. The summed E-state index contributed by atoms with van der Waals surface area (Å²) in [6.07, 6.45) is 1.45. The smallest absolute Gasteiger partial charge is 0.242 e. The Bertz CT molecular complexity index is 783. The highest BCUT2D eigenvalue weighted by Gasteiger charge is 2.15. The molecule has 0 unspecified atom stereocenters. The predicted molar refractivity (Wildman–Crippen MR) is 85.8 cm³/mol. The van der Waals surface area contributed by atoms with E-state index < -0.39 is 23.6 Å². The molecule has 2 aromatic rings. The summed E-state index contributed by atoms with van der Waals surface area (Å²) < 4.78 is 32.0. The Kier molecular flexibility index (Phi) is 5.99. The van der Waals surface area contributed by atoms with E-state index in [2.05, 4.69) is 15.6 Å². The van der Waals surface area contributed by atoms with E-state index in [1.54, 1.807) is 19.1 Å². The van der Waals surface area contributed by atoms with Crippen molar-refractivity contribution in [3.8, 4) is 11.6 Å². The van der Waals surface area contributed by atoms with Gasteiger partial charge in [-0.25, -0.2) is 13.8 Å². The number of carbonyl (C=O) groups is 2. The molecular weight excluding hydrogens is 332 g/mol. The maximum atomic E-state index is 13.7. The van der Waals surface area contributed by atoms with Gasteiger partial charge in [0.15, 0.2) is 11.6 Å². The number of hydrogen-bond donors (Lipinski definition) is 2. The Morgan fingerprint density at radius 1 is 1.28 bits per heavy atom. The molecule has 0 radical (unpaired) electrons. The van der Waals surface area contributed by atoms with E-state index in [0.29, 0.717) is 11.6 Å². The molecule has 2 amide bonds. The summed E-state index contributed by atoms with van der Waals surface area (Å²) in [5, 5.41) is 5.09. The lowest BCUT2D eigenvalue weighted by Crippen LogP contribution is -2.43. The lowest BCUT2D eigenvalue weighted by Gasteiger charge is -2.14. The van der Waals surface area contributed by atoms with Gasteiger partial charge >= 0.3 is 0 Å². The minimum atomic E-state index is -0.861. The molecule has 132 valence electrons. The number of rotatable bonds is 6. The fraction of sp³-hybridized carbons (Fsp3) is 0.235. The van der Waals surface area contributed by atoms with E-state index in [0.717, 1.165) is 12.1 Å². The molecule has 1 heterocycles. The fourth-order valence-corrected chi connectivity index (χ4v) is 2.02. The normalized spacial score (nSPS) is 11.5. The summed E-state index contributed by atoms with van der Waals surface area (Å²) >= 11 is 0. The number of nitrogens with one attached hydrogen (secondary N) is 2. The van der Waals surface area contributed by atoms with Crippen LogP contribution in [0.2, 0.25) is 0 Å². The van der Waals surface area contributed by atoms with Crippen molar-refractivity contribution in [3.05, 3.63) is 53.7 Å². The van der Waals surface area contributed by atoms with E-state index in [4.69, 9.17) is 4.74 Å². The number of aromatic nitrogens is 1. The quantitative estimate of drug-likeness (QED) is 0.839.